The molecule has 0 spiro atoms. The van der Waals surface area contributed by atoms with E-state index in [2.05, 4.69) is 25.3 Å². The molecular weight excluding hydrogens is 530 g/mol. The second-order valence-corrected chi connectivity index (χ2v) is 9.45. The van der Waals surface area contributed by atoms with Gasteiger partial charge in [-0.15, -0.1) is 15.3 Å². The lowest BCUT2D eigenvalue weighted by Gasteiger charge is -2.11. The number of hydrogen-bond acceptors (Lipinski definition) is 12. The average Bonchev–Trinajstić information content (AvgIpc) is 2.91. The van der Waals surface area contributed by atoms with Gasteiger partial charge in [-0.1, -0.05) is 18.2 Å². The summed E-state index contributed by atoms with van der Waals surface area (Å²) >= 11 is 0. The van der Waals surface area contributed by atoms with Crippen LogP contribution in [0.3, 0.4) is 0 Å². The van der Waals surface area contributed by atoms with Crippen molar-refractivity contribution < 1.29 is 37.7 Å². The molecule has 5 N–H and O–H groups in total. The van der Waals surface area contributed by atoms with Gasteiger partial charge in [0.25, 0.3) is 10.1 Å². The van der Waals surface area contributed by atoms with Gasteiger partial charge in [0.2, 0.25) is 0 Å². The molecule has 4 aromatic rings. The number of fused-ring (bicyclic) bond motifs is 1. The number of aromatic hydroxyl groups is 1. The first kappa shape index (κ1) is 27.4. The van der Waals surface area contributed by atoms with Crippen molar-refractivity contribution in [1.29, 1.82) is 0 Å². The van der Waals surface area contributed by atoms with Crippen LogP contribution in [0.2, 0.25) is 0 Å². The lowest BCUT2D eigenvalue weighted by Crippen LogP contribution is -1.99. The molecule has 4 rings (SSSR count). The number of ether oxygens (including phenoxy) is 2. The number of nitrogens with zero attached hydrogens (tertiary/aromatic N) is 4. The number of nitrogen functional groups attached to an aromatic ring is 1. The maximum atomic E-state index is 12.1. The molecule has 0 amide bonds. The molecule has 0 heterocycles. The molecule has 4 aromatic carbocycles. The Labute approximate surface area is 222 Å². The topological polar surface area (TPSA) is 198 Å². The number of nitrogens with two attached hydrogens (primary N) is 1. The van der Waals surface area contributed by atoms with Crippen molar-refractivity contribution in [3.8, 4) is 17.2 Å². The number of rotatable bonds is 9. The molecule has 14 heteroatoms. The lowest BCUT2D eigenvalue weighted by molar-refractivity contribution is -0.253. The normalized spacial score (nSPS) is 12.0. The fourth-order valence-electron chi connectivity index (χ4n) is 3.62. The first-order valence-electron chi connectivity index (χ1n) is 11.1. The van der Waals surface area contributed by atoms with E-state index in [9.17, 15) is 18.1 Å². The van der Waals surface area contributed by atoms with Crippen molar-refractivity contribution in [3.05, 3.63) is 66.2 Å². The van der Waals surface area contributed by atoms with Gasteiger partial charge in [0.1, 0.15) is 40.1 Å². The van der Waals surface area contributed by atoms with Crippen molar-refractivity contribution in [2.75, 3.05) is 20.0 Å². The Morgan fingerprint density at radius 3 is 2.03 bits per heavy atom. The predicted molar refractivity (Wildman–Crippen MR) is 142 cm³/mol. The summed E-state index contributed by atoms with van der Waals surface area (Å²) in [6, 6.07) is 15.3. The van der Waals surface area contributed by atoms with Crippen molar-refractivity contribution in [1.82, 2.24) is 0 Å². The number of phenolic OH excluding ortho intramolecular Hbond substituents is 1. The van der Waals surface area contributed by atoms with Crippen LogP contribution in [0.5, 0.6) is 17.2 Å². The van der Waals surface area contributed by atoms with E-state index in [0.717, 1.165) is 11.6 Å². The largest absolute Gasteiger partial charge is 0.505 e. The first-order valence-corrected chi connectivity index (χ1v) is 12.6. The third-order valence-electron chi connectivity index (χ3n) is 5.53. The van der Waals surface area contributed by atoms with Crippen molar-refractivity contribution >= 4 is 49.3 Å². The van der Waals surface area contributed by atoms with Crippen molar-refractivity contribution in [2.24, 2.45) is 20.5 Å². The zero-order valence-corrected chi connectivity index (χ0v) is 21.5. The van der Waals surface area contributed by atoms with E-state index in [-0.39, 0.29) is 29.2 Å². The van der Waals surface area contributed by atoms with Crippen LogP contribution in [0, 0.1) is 0 Å². The van der Waals surface area contributed by atoms with Gasteiger partial charge in [0.15, 0.2) is 5.75 Å². The summed E-state index contributed by atoms with van der Waals surface area (Å²) in [6.07, 6.45) is 0. The van der Waals surface area contributed by atoms with Gasteiger partial charge in [-0.3, -0.25) is 9.81 Å². The van der Waals surface area contributed by atoms with E-state index >= 15 is 0 Å². The second kappa shape index (κ2) is 11.4. The van der Waals surface area contributed by atoms with E-state index in [1.165, 1.54) is 44.6 Å². The minimum atomic E-state index is -4.78. The molecule has 0 unspecified atom stereocenters. The zero-order valence-electron chi connectivity index (χ0n) is 20.6. The summed E-state index contributed by atoms with van der Waals surface area (Å²) in [5.41, 5.74) is 7.29. The number of hydrogen-bond donors (Lipinski definition) is 4. The molecule has 13 nitrogen and oxygen atoms in total. The van der Waals surface area contributed by atoms with E-state index in [1.807, 2.05) is 0 Å². The van der Waals surface area contributed by atoms with Crippen LogP contribution in [-0.4, -0.2) is 37.6 Å². The zero-order chi connectivity index (χ0) is 28.2. The van der Waals surface area contributed by atoms with Gasteiger partial charge in [0.05, 0.1) is 19.9 Å². The van der Waals surface area contributed by atoms with Crippen LogP contribution in [0.15, 0.2) is 86.0 Å². The van der Waals surface area contributed by atoms with Crippen LogP contribution in [0.1, 0.15) is 5.56 Å². The maximum Gasteiger partial charge on any atom is 0.296 e. The number of benzene rings is 4. The van der Waals surface area contributed by atoms with Gasteiger partial charge >= 0.3 is 0 Å². The number of azo groups is 2. The summed E-state index contributed by atoms with van der Waals surface area (Å²) in [5, 5.41) is 36.2. The Morgan fingerprint density at radius 1 is 0.846 bits per heavy atom. The van der Waals surface area contributed by atoms with Crippen LogP contribution in [-0.2, 0) is 21.6 Å². The first-order chi connectivity index (χ1) is 18.6. The monoisotopic (exact) mass is 553 g/mol. The molecule has 39 heavy (non-hydrogen) atoms. The highest BCUT2D eigenvalue weighted by molar-refractivity contribution is 7.86. The minimum absolute atomic E-state index is 0.0369. The molecular formula is C25H23N5O8S. The van der Waals surface area contributed by atoms with Gasteiger partial charge in [0, 0.05) is 23.2 Å². The van der Waals surface area contributed by atoms with Crippen LogP contribution >= 0.6 is 0 Å². The van der Waals surface area contributed by atoms with E-state index in [1.54, 1.807) is 24.3 Å². The summed E-state index contributed by atoms with van der Waals surface area (Å²) in [6.45, 7) is 0.0369. The standard InChI is InChI=1S/C25H23N5O8S/c1-36-21-12-20(22(37-2)11-19(21)28-27-17-7-3-14(4-8-17)13-38-32)29-30-24-23(39(33,34)35)9-15-5-6-16(26)10-18(15)25(24)31/h3-12,31-32H,13,26H2,1-2H3,(H,33,34,35). The summed E-state index contributed by atoms with van der Waals surface area (Å²) in [7, 11) is -2.00. The quantitative estimate of drug-likeness (QED) is 0.0611. The lowest BCUT2D eigenvalue weighted by atomic mass is 10.1. The van der Waals surface area contributed by atoms with E-state index in [4.69, 9.17) is 20.5 Å². The Morgan fingerprint density at radius 2 is 1.46 bits per heavy atom. The highest BCUT2D eigenvalue weighted by Crippen LogP contribution is 2.44. The molecule has 0 saturated heterocycles. The Kier molecular flexibility index (Phi) is 8.01. The Hall–Kier alpha value is -4.63. The highest BCUT2D eigenvalue weighted by Gasteiger charge is 2.22. The number of anilines is 1. The van der Waals surface area contributed by atoms with Gasteiger partial charge < -0.3 is 20.3 Å². The highest BCUT2D eigenvalue weighted by atomic mass is 32.2. The summed E-state index contributed by atoms with van der Waals surface area (Å²) < 4.78 is 44.7. The van der Waals surface area contributed by atoms with Crippen LogP contribution in [0.4, 0.5) is 28.4 Å². The van der Waals surface area contributed by atoms with Gasteiger partial charge in [-0.2, -0.15) is 13.5 Å². The van der Waals surface area contributed by atoms with Crippen molar-refractivity contribution in [2.45, 2.75) is 11.5 Å². The second-order valence-electron chi connectivity index (χ2n) is 8.06. The smallest absolute Gasteiger partial charge is 0.296 e. The average molecular weight is 554 g/mol. The van der Waals surface area contributed by atoms with Crippen LogP contribution < -0.4 is 15.2 Å². The number of phenols is 1. The molecule has 0 atom stereocenters. The Bertz CT molecular complexity index is 1690. The molecule has 0 aliphatic carbocycles. The van der Waals surface area contributed by atoms with Crippen LogP contribution in [0.25, 0.3) is 10.8 Å². The molecule has 202 valence electrons. The molecule has 0 radical (unpaired) electrons. The predicted octanol–water partition coefficient (Wildman–Crippen LogP) is 6.21. The molecule has 0 aliphatic rings. The third kappa shape index (κ3) is 6.10. The SMILES string of the molecule is COc1cc(N=Nc2c(S(=O)(=O)O)cc3ccc(N)cc3c2O)c(OC)cc1N=Nc1ccc(COO)cc1. The minimum Gasteiger partial charge on any atom is -0.505 e. The van der Waals surface area contributed by atoms with E-state index < -0.39 is 26.5 Å². The van der Waals surface area contributed by atoms with Gasteiger partial charge in [-0.05, 0) is 41.3 Å². The Balaban J connectivity index is 1.75. The fourth-order valence-corrected chi connectivity index (χ4v) is 4.28. The third-order valence-corrected chi connectivity index (χ3v) is 6.40. The van der Waals surface area contributed by atoms with Crippen molar-refractivity contribution in [3.63, 3.8) is 0 Å². The summed E-state index contributed by atoms with van der Waals surface area (Å²) in [5.74, 6) is -0.115. The van der Waals surface area contributed by atoms with Gasteiger partial charge in [-0.25, -0.2) is 4.89 Å². The molecule has 0 saturated carbocycles. The maximum absolute atomic E-state index is 12.1. The molecule has 0 bridgehead atoms. The molecule has 0 fully saturated rings. The van der Waals surface area contributed by atoms with E-state index in [0.29, 0.717) is 22.4 Å². The fraction of sp³-hybridized carbons (Fsp3) is 0.120. The molecule has 0 aliphatic heterocycles. The summed E-state index contributed by atoms with van der Waals surface area (Å²) in [4.78, 5) is 3.46. The molecule has 0 aromatic heterocycles. The number of methoxy groups -OCH3 is 2.